The van der Waals surface area contributed by atoms with E-state index >= 15 is 0 Å². The molecule has 1 saturated heterocycles. The summed E-state index contributed by atoms with van der Waals surface area (Å²) in [6.45, 7) is 0.965. The molecule has 2 heterocycles. The normalized spacial score (nSPS) is 22.7. The second-order valence-corrected chi connectivity index (χ2v) is 7.20. The molecule has 0 aromatic heterocycles. The average molecular weight is 341 g/mol. The quantitative estimate of drug-likeness (QED) is 0.844. The summed E-state index contributed by atoms with van der Waals surface area (Å²) < 4.78 is 5.03. The molecule has 1 fully saturated rings. The van der Waals surface area contributed by atoms with Crippen molar-refractivity contribution in [2.45, 2.75) is 22.6 Å². The third kappa shape index (κ3) is 2.30. The lowest BCUT2D eigenvalue weighted by molar-refractivity contribution is -0.133. The highest BCUT2D eigenvalue weighted by Crippen LogP contribution is 2.56. The fourth-order valence-corrected chi connectivity index (χ4v) is 4.59. The molecular formula is C15H17ClN2O3S. The molecule has 7 heteroatoms. The van der Waals surface area contributed by atoms with Gasteiger partial charge in [0.15, 0.2) is 4.87 Å². The first kappa shape index (κ1) is 15.6. The Balaban J connectivity index is 1.96. The summed E-state index contributed by atoms with van der Waals surface area (Å²) in [6, 6.07) is 5.42. The molecule has 0 radical (unpaired) electrons. The maximum atomic E-state index is 13.0. The van der Waals surface area contributed by atoms with Gasteiger partial charge in [-0.05, 0) is 24.6 Å². The van der Waals surface area contributed by atoms with E-state index in [1.165, 1.54) is 11.8 Å². The summed E-state index contributed by atoms with van der Waals surface area (Å²) in [5.74, 6) is -0.0882. The zero-order valence-electron chi connectivity index (χ0n) is 12.5. The molecule has 3 rings (SSSR count). The van der Waals surface area contributed by atoms with Gasteiger partial charge in [-0.1, -0.05) is 23.4 Å². The number of thioether (sulfide) groups is 1. The Kier molecular flexibility index (Phi) is 4.09. The van der Waals surface area contributed by atoms with Gasteiger partial charge in [0.25, 0.3) is 5.91 Å². The number of rotatable bonds is 4. The van der Waals surface area contributed by atoms with E-state index in [2.05, 4.69) is 0 Å². The van der Waals surface area contributed by atoms with E-state index in [1.807, 2.05) is 6.07 Å². The molecule has 0 N–H and O–H groups in total. The van der Waals surface area contributed by atoms with Crippen molar-refractivity contribution >= 4 is 40.9 Å². The lowest BCUT2D eigenvalue weighted by atomic mass is 10.1. The van der Waals surface area contributed by atoms with Crippen molar-refractivity contribution in [3.63, 3.8) is 0 Å². The van der Waals surface area contributed by atoms with Crippen LogP contribution in [0.4, 0.5) is 5.69 Å². The van der Waals surface area contributed by atoms with Gasteiger partial charge in [-0.25, -0.2) is 0 Å². The van der Waals surface area contributed by atoms with Crippen LogP contribution in [0.5, 0.6) is 0 Å². The van der Waals surface area contributed by atoms with Crippen molar-refractivity contribution in [3.8, 4) is 0 Å². The van der Waals surface area contributed by atoms with Crippen molar-refractivity contribution in [2.24, 2.45) is 0 Å². The maximum Gasteiger partial charge on any atom is 0.259 e. The smallest absolute Gasteiger partial charge is 0.259 e. The molecule has 0 saturated carbocycles. The standard InChI is InChI=1S/C15H17ClN2O3S/c1-17(7-8-21-2)14(20)15-6-5-13(19)18(15)11-9-10(16)3-4-12(11)22-15/h3-4,9H,5-8H2,1-2H3/t15-/m0/s1. The summed E-state index contributed by atoms with van der Waals surface area (Å²) in [4.78, 5) is 28.6. The topological polar surface area (TPSA) is 49.9 Å². The van der Waals surface area contributed by atoms with Crippen LogP contribution >= 0.6 is 23.4 Å². The first-order chi connectivity index (χ1) is 10.5. The van der Waals surface area contributed by atoms with E-state index in [0.717, 1.165) is 10.6 Å². The van der Waals surface area contributed by atoms with Gasteiger partial charge in [0.2, 0.25) is 5.91 Å². The van der Waals surface area contributed by atoms with Crippen LogP contribution < -0.4 is 4.90 Å². The number of carbonyl (C=O) groups is 2. The summed E-state index contributed by atoms with van der Waals surface area (Å²) in [5, 5.41) is 0.565. The molecule has 0 spiro atoms. The van der Waals surface area contributed by atoms with Crippen molar-refractivity contribution in [1.82, 2.24) is 4.90 Å². The summed E-state index contributed by atoms with van der Waals surface area (Å²) in [6.07, 6.45) is 0.891. The third-order valence-electron chi connectivity index (χ3n) is 4.04. The number of halogens is 1. The molecule has 1 aromatic rings. The van der Waals surface area contributed by atoms with Gasteiger partial charge in [0.1, 0.15) is 0 Å². The molecule has 2 aliphatic rings. The number of hydrogen-bond acceptors (Lipinski definition) is 4. The molecule has 5 nitrogen and oxygen atoms in total. The predicted octanol–water partition coefficient (Wildman–Crippen LogP) is 2.37. The minimum atomic E-state index is -0.868. The van der Waals surface area contributed by atoms with Crippen LogP contribution in [0.1, 0.15) is 12.8 Å². The largest absolute Gasteiger partial charge is 0.383 e. The van der Waals surface area contributed by atoms with Crippen molar-refractivity contribution in [2.75, 3.05) is 32.2 Å². The number of anilines is 1. The molecule has 1 atom stereocenters. The highest BCUT2D eigenvalue weighted by molar-refractivity contribution is 8.02. The van der Waals surface area contributed by atoms with E-state index in [-0.39, 0.29) is 11.8 Å². The van der Waals surface area contributed by atoms with Gasteiger partial charge in [-0.2, -0.15) is 0 Å². The van der Waals surface area contributed by atoms with Gasteiger partial charge in [-0.15, -0.1) is 0 Å². The lowest BCUT2D eigenvalue weighted by Gasteiger charge is -2.33. The van der Waals surface area contributed by atoms with Crippen LogP contribution in [-0.4, -0.2) is 48.9 Å². The van der Waals surface area contributed by atoms with E-state index in [0.29, 0.717) is 31.0 Å². The Morgan fingerprint density at radius 3 is 3.05 bits per heavy atom. The molecular weight excluding hydrogens is 324 g/mol. The van der Waals surface area contributed by atoms with Gasteiger partial charge in [-0.3, -0.25) is 14.5 Å². The molecule has 2 aliphatic heterocycles. The fourth-order valence-electron chi connectivity index (χ4n) is 2.93. The number of fused-ring (bicyclic) bond motifs is 3. The second kappa shape index (κ2) is 5.76. The molecule has 2 amide bonds. The van der Waals surface area contributed by atoms with Crippen LogP contribution in [0.3, 0.4) is 0 Å². The van der Waals surface area contributed by atoms with Gasteiger partial charge >= 0.3 is 0 Å². The number of methoxy groups -OCH3 is 1. The average Bonchev–Trinajstić information content (AvgIpc) is 3.00. The van der Waals surface area contributed by atoms with Crippen LogP contribution in [0.15, 0.2) is 23.1 Å². The second-order valence-electron chi connectivity index (χ2n) is 5.45. The number of carbonyl (C=O) groups excluding carboxylic acids is 2. The Bertz CT molecular complexity index is 639. The zero-order valence-corrected chi connectivity index (χ0v) is 14.0. The Morgan fingerprint density at radius 1 is 1.55 bits per heavy atom. The first-order valence-electron chi connectivity index (χ1n) is 7.06. The Morgan fingerprint density at radius 2 is 2.32 bits per heavy atom. The van der Waals surface area contributed by atoms with Gasteiger partial charge in [0.05, 0.1) is 12.3 Å². The highest BCUT2D eigenvalue weighted by Gasteiger charge is 2.58. The van der Waals surface area contributed by atoms with E-state index in [1.54, 1.807) is 36.1 Å². The number of amides is 2. The molecule has 0 aliphatic carbocycles. The van der Waals surface area contributed by atoms with Crippen molar-refractivity contribution < 1.29 is 14.3 Å². The molecule has 0 unspecified atom stereocenters. The minimum absolute atomic E-state index is 0.0259. The van der Waals surface area contributed by atoms with Gasteiger partial charge in [0, 0.05) is 37.0 Å². The summed E-state index contributed by atoms with van der Waals surface area (Å²) in [7, 11) is 3.35. The monoisotopic (exact) mass is 340 g/mol. The van der Waals surface area contributed by atoms with Crippen molar-refractivity contribution in [3.05, 3.63) is 23.2 Å². The minimum Gasteiger partial charge on any atom is -0.383 e. The third-order valence-corrected chi connectivity index (χ3v) is 5.74. The fraction of sp³-hybridized carbons (Fsp3) is 0.467. The predicted molar refractivity (Wildman–Crippen MR) is 86.3 cm³/mol. The number of likely N-dealkylation sites (N-methyl/N-ethyl adjacent to an activating group) is 1. The van der Waals surface area contributed by atoms with Gasteiger partial charge < -0.3 is 9.64 Å². The lowest BCUT2D eigenvalue weighted by Crippen LogP contribution is -2.53. The first-order valence-corrected chi connectivity index (χ1v) is 8.25. The van der Waals surface area contributed by atoms with Crippen molar-refractivity contribution in [1.29, 1.82) is 0 Å². The number of benzene rings is 1. The number of ether oxygens (including phenoxy) is 1. The van der Waals surface area contributed by atoms with Crippen LogP contribution in [0, 0.1) is 0 Å². The Hall–Kier alpha value is -1.24. The molecule has 0 bridgehead atoms. The molecule has 1 aromatic carbocycles. The highest BCUT2D eigenvalue weighted by atomic mass is 35.5. The number of hydrogen-bond donors (Lipinski definition) is 0. The Labute approximate surface area is 138 Å². The summed E-state index contributed by atoms with van der Waals surface area (Å²) >= 11 is 7.51. The molecule has 22 heavy (non-hydrogen) atoms. The zero-order chi connectivity index (χ0) is 15.9. The number of nitrogens with zero attached hydrogens (tertiary/aromatic N) is 2. The van der Waals surface area contributed by atoms with Crippen LogP contribution in [-0.2, 0) is 14.3 Å². The molecule has 118 valence electrons. The van der Waals surface area contributed by atoms with E-state index in [9.17, 15) is 9.59 Å². The maximum absolute atomic E-state index is 13.0. The van der Waals surface area contributed by atoms with E-state index in [4.69, 9.17) is 16.3 Å². The van der Waals surface area contributed by atoms with E-state index < -0.39 is 4.87 Å². The SMILES string of the molecule is COCCN(C)C(=O)[C@@]12CCC(=O)N1c1cc(Cl)ccc1S2. The van der Waals surface area contributed by atoms with Crippen LogP contribution in [0.2, 0.25) is 5.02 Å². The summed E-state index contributed by atoms with van der Waals surface area (Å²) in [5.41, 5.74) is 0.744. The van der Waals surface area contributed by atoms with Crippen LogP contribution in [0.25, 0.3) is 0 Å².